The highest BCUT2D eigenvalue weighted by atomic mass is 16.4. The maximum atomic E-state index is 12.6. The average Bonchev–Trinajstić information content (AvgIpc) is 3.10. The first-order valence-corrected chi connectivity index (χ1v) is 8.24. The number of hydrogen-bond acceptors (Lipinski definition) is 4. The van der Waals surface area contributed by atoms with Gasteiger partial charge < -0.3 is 19.7 Å². The van der Waals surface area contributed by atoms with Crippen LogP contribution in [-0.2, 0) is 4.79 Å². The Bertz CT molecular complexity index is 773. The van der Waals surface area contributed by atoms with E-state index in [2.05, 4.69) is 10.3 Å². The van der Waals surface area contributed by atoms with Crippen molar-refractivity contribution in [2.24, 2.45) is 11.8 Å². The maximum absolute atomic E-state index is 12.6. The van der Waals surface area contributed by atoms with Crippen molar-refractivity contribution in [1.29, 1.82) is 0 Å². The molecular weight excluding hydrogens is 322 g/mol. The summed E-state index contributed by atoms with van der Waals surface area (Å²) in [6.07, 6.45) is 3.67. The predicted molar refractivity (Wildman–Crippen MR) is 92.2 cm³/mol. The van der Waals surface area contributed by atoms with Crippen molar-refractivity contribution in [1.82, 2.24) is 9.88 Å². The van der Waals surface area contributed by atoms with Crippen molar-refractivity contribution in [3.05, 3.63) is 36.2 Å². The molecule has 3 rings (SSSR count). The van der Waals surface area contributed by atoms with Gasteiger partial charge in [0.1, 0.15) is 6.26 Å². The first kappa shape index (κ1) is 17.0. The van der Waals surface area contributed by atoms with E-state index >= 15 is 0 Å². The molecule has 2 aromatic rings. The van der Waals surface area contributed by atoms with E-state index in [1.807, 2.05) is 32.0 Å². The summed E-state index contributed by atoms with van der Waals surface area (Å²) in [5.74, 6) is -0.729. The van der Waals surface area contributed by atoms with Gasteiger partial charge in [-0.15, -0.1) is 0 Å². The molecule has 2 heterocycles. The Morgan fingerprint density at radius 1 is 1.36 bits per heavy atom. The number of oxazole rings is 1. The minimum atomic E-state index is -0.855. The van der Waals surface area contributed by atoms with Crippen LogP contribution >= 0.6 is 0 Å². The number of aliphatic carboxylic acids is 1. The molecule has 1 aromatic carbocycles. The zero-order chi connectivity index (χ0) is 18.0. The van der Waals surface area contributed by atoms with E-state index in [0.717, 1.165) is 11.1 Å². The van der Waals surface area contributed by atoms with Crippen molar-refractivity contribution in [3.8, 4) is 11.5 Å². The van der Waals surface area contributed by atoms with Gasteiger partial charge in [0, 0.05) is 24.3 Å². The van der Waals surface area contributed by atoms with Crippen molar-refractivity contribution in [2.75, 3.05) is 18.4 Å². The third-order valence-corrected chi connectivity index (χ3v) is 4.53. The molecule has 0 aliphatic carbocycles. The standard InChI is InChI=1S/C18H21N3O4/c1-11-8-13(17(22)23)10-21(9-11)18(24)20-15-5-3-4-14(12(15)2)16-19-6-7-25-16/h3-7,11,13H,8-10H2,1-2H3,(H,20,24)(H,22,23). The Morgan fingerprint density at radius 2 is 2.16 bits per heavy atom. The van der Waals surface area contributed by atoms with Crippen LogP contribution in [0.2, 0.25) is 0 Å². The molecule has 2 N–H and O–H groups in total. The van der Waals surface area contributed by atoms with Crippen molar-refractivity contribution in [3.63, 3.8) is 0 Å². The maximum Gasteiger partial charge on any atom is 0.321 e. The number of anilines is 1. The number of amides is 2. The average molecular weight is 343 g/mol. The van der Waals surface area contributed by atoms with E-state index in [-0.39, 0.29) is 18.5 Å². The molecule has 1 saturated heterocycles. The fourth-order valence-corrected chi connectivity index (χ4v) is 3.25. The molecule has 0 bridgehead atoms. The van der Waals surface area contributed by atoms with E-state index in [1.165, 1.54) is 6.26 Å². The van der Waals surface area contributed by atoms with Crippen LogP contribution in [0.4, 0.5) is 10.5 Å². The Hall–Kier alpha value is -2.83. The lowest BCUT2D eigenvalue weighted by Crippen LogP contribution is -2.47. The number of benzene rings is 1. The fraction of sp³-hybridized carbons (Fsp3) is 0.389. The third kappa shape index (κ3) is 3.65. The van der Waals surface area contributed by atoms with E-state index < -0.39 is 11.9 Å². The van der Waals surface area contributed by atoms with E-state index in [1.54, 1.807) is 11.1 Å². The molecule has 7 nitrogen and oxygen atoms in total. The van der Waals surface area contributed by atoms with Gasteiger partial charge in [0.05, 0.1) is 12.1 Å². The smallest absolute Gasteiger partial charge is 0.321 e. The largest absolute Gasteiger partial charge is 0.481 e. The summed E-state index contributed by atoms with van der Waals surface area (Å²) < 4.78 is 5.33. The molecule has 0 radical (unpaired) electrons. The van der Waals surface area contributed by atoms with Gasteiger partial charge in [-0.1, -0.05) is 13.0 Å². The summed E-state index contributed by atoms with van der Waals surface area (Å²) >= 11 is 0. The van der Waals surface area contributed by atoms with Crippen LogP contribution in [0.3, 0.4) is 0 Å². The number of aromatic nitrogens is 1. The number of rotatable bonds is 3. The Kier molecular flexibility index (Phi) is 4.74. The molecule has 1 aromatic heterocycles. The molecule has 1 aliphatic rings. The topological polar surface area (TPSA) is 95.7 Å². The molecule has 0 saturated carbocycles. The van der Waals surface area contributed by atoms with Crippen molar-refractivity contribution >= 4 is 17.7 Å². The van der Waals surface area contributed by atoms with Gasteiger partial charge >= 0.3 is 12.0 Å². The first-order valence-electron chi connectivity index (χ1n) is 8.24. The van der Waals surface area contributed by atoms with E-state index in [0.29, 0.717) is 24.5 Å². The summed E-state index contributed by atoms with van der Waals surface area (Å²) in [5.41, 5.74) is 2.31. The number of hydrogen-bond donors (Lipinski definition) is 2. The summed E-state index contributed by atoms with van der Waals surface area (Å²) in [4.78, 5) is 29.6. The molecule has 132 valence electrons. The zero-order valence-corrected chi connectivity index (χ0v) is 14.2. The minimum absolute atomic E-state index is 0.153. The zero-order valence-electron chi connectivity index (χ0n) is 14.2. The van der Waals surface area contributed by atoms with Gasteiger partial charge in [-0.3, -0.25) is 4.79 Å². The quantitative estimate of drug-likeness (QED) is 0.892. The second kappa shape index (κ2) is 6.96. The lowest BCUT2D eigenvalue weighted by Gasteiger charge is -2.34. The van der Waals surface area contributed by atoms with Gasteiger partial charge in [-0.2, -0.15) is 0 Å². The number of likely N-dealkylation sites (tertiary alicyclic amines) is 1. The van der Waals surface area contributed by atoms with Crippen LogP contribution in [0.5, 0.6) is 0 Å². The number of carbonyl (C=O) groups is 2. The first-order chi connectivity index (χ1) is 12.0. The predicted octanol–water partition coefficient (Wildman–Crippen LogP) is 3.22. The van der Waals surface area contributed by atoms with E-state index in [9.17, 15) is 14.7 Å². The molecule has 2 atom stereocenters. The van der Waals surface area contributed by atoms with Gasteiger partial charge in [0.15, 0.2) is 0 Å². The molecular formula is C18H21N3O4. The van der Waals surface area contributed by atoms with Crippen LogP contribution in [0.25, 0.3) is 11.5 Å². The summed E-state index contributed by atoms with van der Waals surface area (Å²) in [6, 6.07) is 5.22. The minimum Gasteiger partial charge on any atom is -0.481 e. The third-order valence-electron chi connectivity index (χ3n) is 4.53. The second-order valence-electron chi connectivity index (χ2n) is 6.53. The highest BCUT2D eigenvalue weighted by Gasteiger charge is 2.32. The number of carbonyl (C=O) groups excluding carboxylic acids is 1. The number of urea groups is 1. The van der Waals surface area contributed by atoms with Crippen LogP contribution in [-0.4, -0.2) is 40.1 Å². The Labute approximate surface area is 145 Å². The van der Waals surface area contributed by atoms with Crippen LogP contribution in [0.15, 0.2) is 35.1 Å². The highest BCUT2D eigenvalue weighted by molar-refractivity contribution is 5.91. The van der Waals surface area contributed by atoms with Crippen LogP contribution in [0, 0.1) is 18.8 Å². The number of carboxylic acid groups (broad SMARTS) is 1. The molecule has 2 amide bonds. The van der Waals surface area contributed by atoms with E-state index in [4.69, 9.17) is 4.42 Å². The number of piperidine rings is 1. The Balaban J connectivity index is 1.77. The van der Waals surface area contributed by atoms with Gasteiger partial charge in [-0.05, 0) is 37.0 Å². The summed E-state index contributed by atoms with van der Waals surface area (Å²) in [7, 11) is 0. The summed E-state index contributed by atoms with van der Waals surface area (Å²) in [5, 5.41) is 12.1. The Morgan fingerprint density at radius 3 is 2.84 bits per heavy atom. The lowest BCUT2D eigenvalue weighted by atomic mass is 9.91. The van der Waals surface area contributed by atoms with Crippen LogP contribution < -0.4 is 5.32 Å². The van der Waals surface area contributed by atoms with Gasteiger partial charge in [0.25, 0.3) is 0 Å². The molecule has 1 aliphatic heterocycles. The number of nitrogens with zero attached hydrogens (tertiary/aromatic N) is 2. The lowest BCUT2D eigenvalue weighted by molar-refractivity contribution is -0.143. The molecule has 1 fully saturated rings. The second-order valence-corrected chi connectivity index (χ2v) is 6.53. The van der Waals surface area contributed by atoms with Crippen molar-refractivity contribution in [2.45, 2.75) is 20.3 Å². The molecule has 25 heavy (non-hydrogen) atoms. The number of nitrogens with one attached hydrogen (secondary N) is 1. The van der Waals surface area contributed by atoms with Crippen molar-refractivity contribution < 1.29 is 19.1 Å². The SMILES string of the molecule is Cc1c(NC(=O)N2CC(C)CC(C(=O)O)C2)cccc1-c1ncco1. The number of carboxylic acids is 1. The van der Waals surface area contributed by atoms with Crippen LogP contribution in [0.1, 0.15) is 18.9 Å². The monoisotopic (exact) mass is 343 g/mol. The van der Waals surface area contributed by atoms with Gasteiger partial charge in [-0.25, -0.2) is 9.78 Å². The molecule has 0 spiro atoms. The molecule has 7 heteroatoms. The highest BCUT2D eigenvalue weighted by Crippen LogP contribution is 2.28. The molecule has 2 unspecified atom stereocenters. The fourth-order valence-electron chi connectivity index (χ4n) is 3.25. The summed E-state index contributed by atoms with van der Waals surface area (Å²) in [6.45, 7) is 4.62. The van der Waals surface area contributed by atoms with Gasteiger partial charge in [0.2, 0.25) is 5.89 Å². The normalized spacial score (nSPS) is 20.3.